The highest BCUT2D eigenvalue weighted by molar-refractivity contribution is 7.98. The third-order valence-electron chi connectivity index (χ3n) is 3.09. The number of hydrogen-bond acceptors (Lipinski definition) is 5. The zero-order valence-corrected chi connectivity index (χ0v) is 13.0. The van der Waals surface area contributed by atoms with Crippen LogP contribution >= 0.6 is 11.8 Å². The number of carbonyl (C=O) groups excluding carboxylic acids is 1. The van der Waals surface area contributed by atoms with Gasteiger partial charge in [0, 0.05) is 13.1 Å². The number of rotatable bonds is 7. The van der Waals surface area contributed by atoms with Crippen LogP contribution in [0.4, 0.5) is 0 Å². The Labute approximate surface area is 119 Å². The summed E-state index contributed by atoms with van der Waals surface area (Å²) in [6.45, 7) is 2.32. The van der Waals surface area contributed by atoms with Crippen LogP contribution in [-0.2, 0) is 14.8 Å². The van der Waals surface area contributed by atoms with Gasteiger partial charge in [-0.15, -0.1) is 0 Å². The van der Waals surface area contributed by atoms with Crippen molar-refractivity contribution in [1.82, 2.24) is 9.62 Å². The number of thioether (sulfide) groups is 1. The first kappa shape index (κ1) is 16.7. The summed E-state index contributed by atoms with van der Waals surface area (Å²) in [7, 11) is -3.41. The molecule has 1 amide bonds. The molecule has 1 saturated heterocycles. The lowest BCUT2D eigenvalue weighted by Gasteiger charge is -2.23. The van der Waals surface area contributed by atoms with Crippen LogP contribution in [0.15, 0.2) is 0 Å². The molecule has 0 saturated carbocycles. The van der Waals surface area contributed by atoms with Gasteiger partial charge in [-0.25, -0.2) is 13.1 Å². The molecule has 0 aromatic rings. The van der Waals surface area contributed by atoms with Crippen molar-refractivity contribution in [2.24, 2.45) is 0 Å². The van der Waals surface area contributed by atoms with Gasteiger partial charge < -0.3 is 10.0 Å². The number of carbonyl (C=O) groups is 1. The number of nitrogens with one attached hydrogen (secondary N) is 1. The Morgan fingerprint density at radius 1 is 1.58 bits per heavy atom. The van der Waals surface area contributed by atoms with E-state index >= 15 is 0 Å². The molecule has 0 spiro atoms. The molecule has 1 unspecified atom stereocenters. The first-order valence-corrected chi connectivity index (χ1v) is 9.40. The Kier molecular flexibility index (Phi) is 6.58. The van der Waals surface area contributed by atoms with Crippen LogP contribution in [0.25, 0.3) is 0 Å². The first-order chi connectivity index (χ1) is 8.89. The van der Waals surface area contributed by atoms with E-state index in [-0.39, 0.29) is 11.7 Å². The molecule has 19 heavy (non-hydrogen) atoms. The number of nitrogens with zero attached hydrogens (tertiary/aromatic N) is 1. The van der Waals surface area contributed by atoms with E-state index in [0.29, 0.717) is 31.7 Å². The summed E-state index contributed by atoms with van der Waals surface area (Å²) < 4.78 is 25.7. The Hall–Kier alpha value is -0.310. The highest BCUT2D eigenvalue weighted by atomic mass is 32.2. The maximum Gasteiger partial charge on any atom is 0.240 e. The van der Waals surface area contributed by atoms with Crippen molar-refractivity contribution in [2.45, 2.75) is 31.9 Å². The molecule has 0 aromatic carbocycles. The average Bonchev–Trinajstić information content (AvgIpc) is 2.80. The minimum absolute atomic E-state index is 0.0430. The van der Waals surface area contributed by atoms with Crippen molar-refractivity contribution in [1.29, 1.82) is 0 Å². The Morgan fingerprint density at radius 3 is 2.74 bits per heavy atom. The van der Waals surface area contributed by atoms with Gasteiger partial charge >= 0.3 is 0 Å². The third kappa shape index (κ3) is 5.29. The van der Waals surface area contributed by atoms with Crippen molar-refractivity contribution in [3.8, 4) is 0 Å². The van der Waals surface area contributed by atoms with Gasteiger partial charge in [-0.2, -0.15) is 11.8 Å². The van der Waals surface area contributed by atoms with Gasteiger partial charge in [-0.3, -0.25) is 4.79 Å². The summed E-state index contributed by atoms with van der Waals surface area (Å²) in [5.74, 6) is 0.431. The molecular weight excluding hydrogens is 288 g/mol. The van der Waals surface area contributed by atoms with Gasteiger partial charge in [0.15, 0.2) is 0 Å². The molecule has 2 atom stereocenters. The van der Waals surface area contributed by atoms with E-state index in [1.165, 1.54) is 11.8 Å². The smallest absolute Gasteiger partial charge is 0.240 e. The predicted octanol–water partition coefficient (Wildman–Crippen LogP) is -0.359. The molecule has 0 bridgehead atoms. The molecule has 2 N–H and O–H groups in total. The second-order valence-corrected chi connectivity index (χ2v) is 7.61. The summed E-state index contributed by atoms with van der Waals surface area (Å²) in [6, 6.07) is -0.720. The van der Waals surface area contributed by atoms with Gasteiger partial charge in [0.1, 0.15) is 6.04 Å². The lowest BCUT2D eigenvalue weighted by atomic mass is 10.2. The van der Waals surface area contributed by atoms with Gasteiger partial charge in [-0.1, -0.05) is 0 Å². The van der Waals surface area contributed by atoms with Crippen molar-refractivity contribution >= 4 is 27.7 Å². The number of β-amino-alcohol motifs (C(OH)–C–C–N with tert-alkyl or cyclic N) is 1. The molecule has 8 heteroatoms. The van der Waals surface area contributed by atoms with Crippen molar-refractivity contribution in [3.05, 3.63) is 0 Å². The maximum absolute atomic E-state index is 12.3. The fraction of sp³-hybridized carbons (Fsp3) is 0.909. The van der Waals surface area contributed by atoms with Crippen LogP contribution < -0.4 is 4.72 Å². The highest BCUT2D eigenvalue weighted by Gasteiger charge is 2.31. The monoisotopic (exact) mass is 310 g/mol. The fourth-order valence-corrected chi connectivity index (χ4v) is 3.22. The topological polar surface area (TPSA) is 86.7 Å². The predicted molar refractivity (Wildman–Crippen MR) is 76.6 cm³/mol. The number of amides is 1. The van der Waals surface area contributed by atoms with Crippen LogP contribution in [0.5, 0.6) is 0 Å². The van der Waals surface area contributed by atoms with E-state index in [0.717, 1.165) is 0 Å². The minimum atomic E-state index is -3.41. The van der Waals surface area contributed by atoms with E-state index in [1.807, 2.05) is 6.26 Å². The van der Waals surface area contributed by atoms with Crippen LogP contribution in [0.1, 0.15) is 19.8 Å². The molecule has 1 fully saturated rings. The first-order valence-electron chi connectivity index (χ1n) is 6.35. The Morgan fingerprint density at radius 2 is 2.26 bits per heavy atom. The molecule has 1 aliphatic heterocycles. The maximum atomic E-state index is 12.3. The van der Waals surface area contributed by atoms with E-state index < -0.39 is 22.2 Å². The zero-order chi connectivity index (χ0) is 14.5. The minimum Gasteiger partial charge on any atom is -0.391 e. The van der Waals surface area contributed by atoms with Crippen LogP contribution in [0.2, 0.25) is 0 Å². The molecule has 0 radical (unpaired) electrons. The molecule has 1 rings (SSSR count). The normalized spacial score (nSPS) is 21.6. The summed E-state index contributed by atoms with van der Waals surface area (Å²) in [4.78, 5) is 13.8. The third-order valence-corrected chi connectivity index (χ3v) is 5.13. The number of hydrogen-bond donors (Lipinski definition) is 2. The largest absolute Gasteiger partial charge is 0.391 e. The van der Waals surface area contributed by atoms with E-state index in [9.17, 15) is 18.3 Å². The molecule has 0 aromatic heterocycles. The van der Waals surface area contributed by atoms with Crippen LogP contribution in [0, 0.1) is 0 Å². The molecular formula is C11H22N2O4S2. The van der Waals surface area contributed by atoms with Crippen molar-refractivity contribution < 1.29 is 18.3 Å². The van der Waals surface area contributed by atoms with Crippen LogP contribution in [0.3, 0.4) is 0 Å². The summed E-state index contributed by atoms with van der Waals surface area (Å²) in [5, 5.41) is 9.45. The lowest BCUT2D eigenvalue weighted by molar-refractivity contribution is -0.132. The van der Waals surface area contributed by atoms with Crippen molar-refractivity contribution in [2.75, 3.05) is 30.9 Å². The lowest BCUT2D eigenvalue weighted by Crippen LogP contribution is -2.48. The van der Waals surface area contributed by atoms with E-state index in [1.54, 1.807) is 11.8 Å². The second kappa shape index (κ2) is 7.47. The van der Waals surface area contributed by atoms with Gasteiger partial charge in [-0.05, 0) is 31.8 Å². The quantitative estimate of drug-likeness (QED) is 0.671. The number of sulfonamides is 1. The number of likely N-dealkylation sites (tertiary alicyclic amines) is 1. The van der Waals surface area contributed by atoms with E-state index in [2.05, 4.69) is 4.72 Å². The SMILES string of the molecule is CCS(=O)(=O)NC(CCSC)C(=O)N1CC[C@H](O)C1. The highest BCUT2D eigenvalue weighted by Crippen LogP contribution is 2.13. The number of aliphatic hydroxyl groups is 1. The van der Waals surface area contributed by atoms with Gasteiger partial charge in [0.25, 0.3) is 0 Å². The van der Waals surface area contributed by atoms with Gasteiger partial charge in [0.05, 0.1) is 11.9 Å². The molecule has 1 heterocycles. The van der Waals surface area contributed by atoms with Crippen LogP contribution in [-0.4, -0.2) is 67.3 Å². The zero-order valence-electron chi connectivity index (χ0n) is 11.3. The van der Waals surface area contributed by atoms with Crippen molar-refractivity contribution in [3.63, 3.8) is 0 Å². The average molecular weight is 310 g/mol. The Balaban J connectivity index is 2.70. The molecule has 6 nitrogen and oxygen atoms in total. The second-order valence-electron chi connectivity index (χ2n) is 4.58. The number of aliphatic hydroxyl groups excluding tert-OH is 1. The summed E-state index contributed by atoms with van der Waals surface area (Å²) in [5.41, 5.74) is 0. The Bertz CT molecular complexity index is 399. The molecule has 112 valence electrons. The van der Waals surface area contributed by atoms with E-state index in [4.69, 9.17) is 0 Å². The summed E-state index contributed by atoms with van der Waals surface area (Å²) >= 11 is 1.57. The molecule has 0 aliphatic carbocycles. The molecule has 1 aliphatic rings. The van der Waals surface area contributed by atoms with Gasteiger partial charge in [0.2, 0.25) is 15.9 Å². The standard InChI is InChI=1S/C11H22N2O4S2/c1-3-19(16,17)12-10(5-7-18-2)11(15)13-6-4-9(14)8-13/h9-10,12,14H,3-8H2,1-2H3/t9-,10?/m0/s1. The summed E-state index contributed by atoms with van der Waals surface area (Å²) in [6.07, 6.45) is 2.44. The fourth-order valence-electron chi connectivity index (χ4n) is 1.93.